The number of nitrogens with one attached hydrogen (secondary N) is 1. The van der Waals surface area contributed by atoms with E-state index in [1.54, 1.807) is 4.68 Å². The zero-order valence-corrected chi connectivity index (χ0v) is 6.45. The highest BCUT2D eigenvalue weighted by molar-refractivity contribution is 5.06. The maximum absolute atomic E-state index is 5.48. The first-order chi connectivity index (χ1) is 5.34. The summed E-state index contributed by atoms with van der Waals surface area (Å²) in [5.74, 6) is 0.721. The highest BCUT2D eigenvalue weighted by Gasteiger charge is 2.18. The third-order valence-corrected chi connectivity index (χ3v) is 1.72. The molecule has 0 radical (unpaired) electrons. The minimum absolute atomic E-state index is 0.324. The van der Waals surface area contributed by atoms with Crippen LogP contribution in [0.1, 0.15) is 0 Å². The predicted octanol–water partition coefficient (Wildman–Crippen LogP) is -0.229. The van der Waals surface area contributed by atoms with Crippen LogP contribution in [-0.4, -0.2) is 29.0 Å². The molecule has 2 rings (SSSR count). The Morgan fingerprint density at radius 3 is 3.00 bits per heavy atom. The van der Waals surface area contributed by atoms with Crippen molar-refractivity contribution in [2.24, 2.45) is 7.05 Å². The maximum atomic E-state index is 5.48. The molecule has 60 valence electrons. The molecule has 11 heavy (non-hydrogen) atoms. The summed E-state index contributed by atoms with van der Waals surface area (Å²) in [5.41, 5.74) is 0. The van der Waals surface area contributed by atoms with Gasteiger partial charge in [0, 0.05) is 32.4 Å². The van der Waals surface area contributed by atoms with E-state index in [1.807, 2.05) is 19.3 Å². The average molecular weight is 153 g/mol. The first kappa shape index (κ1) is 6.67. The number of hydrogen-bond acceptors (Lipinski definition) is 3. The number of rotatable bonds is 2. The first-order valence-electron chi connectivity index (χ1n) is 3.71. The van der Waals surface area contributed by atoms with Gasteiger partial charge in [0.05, 0.1) is 0 Å². The first-order valence-corrected chi connectivity index (χ1v) is 3.71. The van der Waals surface area contributed by atoms with Crippen LogP contribution in [0.2, 0.25) is 0 Å². The number of ether oxygens (including phenoxy) is 1. The molecule has 1 N–H and O–H groups in total. The summed E-state index contributed by atoms with van der Waals surface area (Å²) < 4.78 is 7.21. The fourth-order valence-electron chi connectivity index (χ4n) is 0.973. The standard InChI is InChI=1S/C7H11N3O/c1-10-3-2-7(9-10)11-6-4-8-5-6/h2-3,6,8H,4-5H2,1H3. The molecule has 1 aliphatic rings. The van der Waals surface area contributed by atoms with Gasteiger partial charge in [-0.2, -0.15) is 0 Å². The number of nitrogens with zero attached hydrogens (tertiary/aromatic N) is 2. The molecule has 2 heterocycles. The fourth-order valence-corrected chi connectivity index (χ4v) is 0.973. The van der Waals surface area contributed by atoms with Crippen LogP contribution in [0.5, 0.6) is 5.88 Å². The molecule has 4 nitrogen and oxygen atoms in total. The second-order valence-electron chi connectivity index (χ2n) is 2.73. The molecule has 0 unspecified atom stereocenters. The van der Waals surface area contributed by atoms with E-state index < -0.39 is 0 Å². The lowest BCUT2D eigenvalue weighted by Crippen LogP contribution is -2.50. The second-order valence-corrected chi connectivity index (χ2v) is 2.73. The predicted molar refractivity (Wildman–Crippen MR) is 40.5 cm³/mol. The maximum Gasteiger partial charge on any atom is 0.233 e. The van der Waals surface area contributed by atoms with Crippen molar-refractivity contribution in [1.29, 1.82) is 0 Å². The molecular formula is C7H11N3O. The highest BCUT2D eigenvalue weighted by Crippen LogP contribution is 2.08. The lowest BCUT2D eigenvalue weighted by molar-refractivity contribution is 0.135. The molecule has 1 aromatic heterocycles. The lowest BCUT2D eigenvalue weighted by atomic mass is 10.2. The van der Waals surface area contributed by atoms with Crippen LogP contribution >= 0.6 is 0 Å². The van der Waals surface area contributed by atoms with Gasteiger partial charge < -0.3 is 10.1 Å². The molecule has 0 aromatic carbocycles. The minimum atomic E-state index is 0.324. The Bertz CT molecular complexity index is 242. The van der Waals surface area contributed by atoms with Crippen molar-refractivity contribution in [3.05, 3.63) is 12.3 Å². The van der Waals surface area contributed by atoms with Gasteiger partial charge in [-0.25, -0.2) is 0 Å². The van der Waals surface area contributed by atoms with E-state index in [9.17, 15) is 0 Å². The van der Waals surface area contributed by atoms with Crippen LogP contribution in [0.15, 0.2) is 12.3 Å². The van der Waals surface area contributed by atoms with E-state index in [0.717, 1.165) is 19.0 Å². The molecule has 1 aliphatic heterocycles. The van der Waals surface area contributed by atoms with Gasteiger partial charge in [-0.1, -0.05) is 0 Å². The normalized spacial score (nSPS) is 17.9. The molecule has 1 aromatic rings. The Labute approximate surface area is 65.2 Å². The summed E-state index contributed by atoms with van der Waals surface area (Å²) in [6.07, 6.45) is 2.20. The van der Waals surface area contributed by atoms with Gasteiger partial charge in [0.15, 0.2) is 0 Å². The summed E-state index contributed by atoms with van der Waals surface area (Å²) >= 11 is 0. The Hall–Kier alpha value is -1.03. The second kappa shape index (κ2) is 2.54. The zero-order valence-electron chi connectivity index (χ0n) is 6.45. The van der Waals surface area contributed by atoms with Gasteiger partial charge in [0.2, 0.25) is 5.88 Å². The average Bonchev–Trinajstić information content (AvgIpc) is 2.27. The van der Waals surface area contributed by atoms with Crippen LogP contribution in [0.4, 0.5) is 0 Å². The Morgan fingerprint density at radius 2 is 2.55 bits per heavy atom. The van der Waals surface area contributed by atoms with Crippen molar-refractivity contribution in [2.45, 2.75) is 6.10 Å². The third-order valence-electron chi connectivity index (χ3n) is 1.72. The molecule has 1 fully saturated rings. The van der Waals surface area contributed by atoms with E-state index in [-0.39, 0.29) is 0 Å². The van der Waals surface area contributed by atoms with Crippen molar-refractivity contribution in [1.82, 2.24) is 15.1 Å². The molecule has 0 bridgehead atoms. The highest BCUT2D eigenvalue weighted by atomic mass is 16.5. The van der Waals surface area contributed by atoms with Crippen LogP contribution in [0, 0.1) is 0 Å². The monoisotopic (exact) mass is 153 g/mol. The van der Waals surface area contributed by atoms with Gasteiger partial charge in [0.25, 0.3) is 0 Å². The van der Waals surface area contributed by atoms with Gasteiger partial charge in [-0.05, 0) is 0 Å². The zero-order chi connectivity index (χ0) is 7.68. The Kier molecular flexibility index (Phi) is 1.54. The molecule has 0 spiro atoms. The summed E-state index contributed by atoms with van der Waals surface area (Å²) in [5, 5.41) is 7.23. The number of aromatic nitrogens is 2. The van der Waals surface area contributed by atoms with Gasteiger partial charge in [-0.3, -0.25) is 4.68 Å². The third kappa shape index (κ3) is 1.35. The largest absolute Gasteiger partial charge is 0.471 e. The van der Waals surface area contributed by atoms with Gasteiger partial charge >= 0.3 is 0 Å². The molecule has 0 atom stereocenters. The molecule has 0 aliphatic carbocycles. The summed E-state index contributed by atoms with van der Waals surface area (Å²) in [6, 6.07) is 1.87. The van der Waals surface area contributed by atoms with Crippen LogP contribution in [-0.2, 0) is 7.05 Å². The number of hydrogen-bond donors (Lipinski definition) is 1. The summed E-state index contributed by atoms with van der Waals surface area (Å²) in [7, 11) is 1.88. The van der Waals surface area contributed by atoms with E-state index in [2.05, 4.69) is 10.4 Å². The SMILES string of the molecule is Cn1ccc(OC2CNC2)n1. The fraction of sp³-hybridized carbons (Fsp3) is 0.571. The van der Waals surface area contributed by atoms with Crippen molar-refractivity contribution < 1.29 is 4.74 Å². The van der Waals surface area contributed by atoms with Gasteiger partial charge in [-0.15, -0.1) is 5.10 Å². The summed E-state index contributed by atoms with van der Waals surface area (Å²) in [6.45, 7) is 1.88. The van der Waals surface area contributed by atoms with Crippen molar-refractivity contribution in [3.8, 4) is 5.88 Å². The lowest BCUT2D eigenvalue weighted by Gasteiger charge is -2.26. The molecule has 1 saturated heterocycles. The molecular weight excluding hydrogens is 142 g/mol. The van der Waals surface area contributed by atoms with Crippen LogP contribution in [0.25, 0.3) is 0 Å². The minimum Gasteiger partial charge on any atom is -0.471 e. The van der Waals surface area contributed by atoms with Gasteiger partial charge in [0.1, 0.15) is 6.10 Å². The van der Waals surface area contributed by atoms with E-state index in [0.29, 0.717) is 6.10 Å². The van der Waals surface area contributed by atoms with E-state index >= 15 is 0 Å². The molecule has 4 heteroatoms. The summed E-state index contributed by atoms with van der Waals surface area (Å²) in [4.78, 5) is 0. The molecule has 0 saturated carbocycles. The smallest absolute Gasteiger partial charge is 0.233 e. The van der Waals surface area contributed by atoms with E-state index in [4.69, 9.17) is 4.74 Å². The van der Waals surface area contributed by atoms with Crippen LogP contribution < -0.4 is 10.1 Å². The molecule has 0 amide bonds. The number of aryl methyl sites for hydroxylation is 1. The van der Waals surface area contributed by atoms with E-state index in [1.165, 1.54) is 0 Å². The van der Waals surface area contributed by atoms with Crippen molar-refractivity contribution >= 4 is 0 Å². The Morgan fingerprint density at radius 1 is 1.73 bits per heavy atom. The van der Waals surface area contributed by atoms with Crippen LogP contribution in [0.3, 0.4) is 0 Å². The quantitative estimate of drug-likeness (QED) is 0.638. The Balaban J connectivity index is 1.95. The van der Waals surface area contributed by atoms with Crippen molar-refractivity contribution in [3.63, 3.8) is 0 Å². The topological polar surface area (TPSA) is 39.1 Å². The van der Waals surface area contributed by atoms with Crippen molar-refractivity contribution in [2.75, 3.05) is 13.1 Å².